The van der Waals surface area contributed by atoms with Crippen LogP contribution in [0.1, 0.15) is 20.3 Å². The average molecular weight is 184 g/mol. The van der Waals surface area contributed by atoms with Crippen LogP contribution in [0.5, 0.6) is 0 Å². The van der Waals surface area contributed by atoms with Crippen LogP contribution in [0.25, 0.3) is 0 Å². The van der Waals surface area contributed by atoms with Gasteiger partial charge >= 0.3 is 0 Å². The van der Waals surface area contributed by atoms with E-state index in [0.717, 1.165) is 19.6 Å². The van der Waals surface area contributed by atoms with Crippen LogP contribution >= 0.6 is 0 Å². The molecule has 0 aromatic carbocycles. The molecule has 74 valence electrons. The van der Waals surface area contributed by atoms with Gasteiger partial charge in [0.15, 0.2) is 5.79 Å². The summed E-state index contributed by atoms with van der Waals surface area (Å²) in [6, 6.07) is 1.83. The first-order valence-electron chi connectivity index (χ1n) is 4.42. The molecule has 1 aliphatic rings. The molecule has 0 radical (unpaired) electrons. The number of ether oxygens (including phenoxy) is 2. The Morgan fingerprint density at radius 2 is 2.00 bits per heavy atom. The number of aromatic nitrogens is 2. The van der Waals surface area contributed by atoms with E-state index in [1.807, 2.05) is 19.9 Å². The molecule has 1 aliphatic heterocycles. The second-order valence-corrected chi connectivity index (χ2v) is 3.22. The van der Waals surface area contributed by atoms with Crippen molar-refractivity contribution in [1.29, 1.82) is 0 Å². The van der Waals surface area contributed by atoms with Crippen molar-refractivity contribution >= 4 is 0 Å². The molecule has 4 nitrogen and oxygen atoms in total. The summed E-state index contributed by atoms with van der Waals surface area (Å²) in [7, 11) is 0. The molecule has 0 spiro atoms. The van der Waals surface area contributed by atoms with Gasteiger partial charge in [-0.15, -0.1) is 0 Å². The molecule has 13 heavy (non-hydrogen) atoms. The normalized spacial score (nSPS) is 20.2. The maximum atomic E-state index is 5.24. The van der Waals surface area contributed by atoms with Crippen molar-refractivity contribution in [2.75, 3.05) is 13.2 Å². The van der Waals surface area contributed by atoms with Crippen molar-refractivity contribution < 1.29 is 9.47 Å². The Kier molecular flexibility index (Phi) is 3.92. The molecule has 0 atom stereocenters. The molecule has 1 saturated heterocycles. The number of rotatable bonds is 0. The lowest BCUT2D eigenvalue weighted by atomic mass is 10.3. The van der Waals surface area contributed by atoms with Crippen molar-refractivity contribution in [1.82, 2.24) is 10.2 Å². The van der Waals surface area contributed by atoms with Crippen LogP contribution in [-0.2, 0) is 9.47 Å². The Hall–Kier alpha value is -0.870. The van der Waals surface area contributed by atoms with Crippen molar-refractivity contribution in [3.05, 3.63) is 18.5 Å². The average Bonchev–Trinajstić information content (AvgIpc) is 2.60. The molecule has 2 heterocycles. The molecule has 1 fully saturated rings. The molecule has 1 aromatic rings. The summed E-state index contributed by atoms with van der Waals surface area (Å²) in [5.74, 6) is -0.321. The quantitative estimate of drug-likeness (QED) is 0.665. The zero-order valence-electron chi connectivity index (χ0n) is 8.12. The summed E-state index contributed by atoms with van der Waals surface area (Å²) >= 11 is 0. The minimum Gasteiger partial charge on any atom is -0.350 e. The van der Waals surface area contributed by atoms with Gasteiger partial charge < -0.3 is 9.47 Å². The lowest BCUT2D eigenvalue weighted by molar-refractivity contribution is -0.244. The van der Waals surface area contributed by atoms with E-state index in [4.69, 9.17) is 9.47 Å². The zero-order chi connectivity index (χ0) is 9.57. The highest BCUT2D eigenvalue weighted by Gasteiger charge is 2.21. The number of H-pyrrole nitrogens is 1. The van der Waals surface area contributed by atoms with Crippen LogP contribution in [-0.4, -0.2) is 29.2 Å². The number of hydrogen-bond acceptors (Lipinski definition) is 3. The van der Waals surface area contributed by atoms with Crippen LogP contribution in [0.2, 0.25) is 0 Å². The highest BCUT2D eigenvalue weighted by molar-refractivity contribution is 4.72. The number of nitrogens with zero attached hydrogens (tertiary/aromatic N) is 1. The van der Waals surface area contributed by atoms with E-state index in [2.05, 4.69) is 10.2 Å². The van der Waals surface area contributed by atoms with Crippen LogP contribution < -0.4 is 0 Å². The second-order valence-electron chi connectivity index (χ2n) is 3.22. The van der Waals surface area contributed by atoms with Gasteiger partial charge in [-0.2, -0.15) is 5.10 Å². The third-order valence-electron chi connectivity index (χ3n) is 1.59. The third kappa shape index (κ3) is 4.65. The largest absolute Gasteiger partial charge is 0.350 e. The third-order valence-corrected chi connectivity index (χ3v) is 1.59. The summed E-state index contributed by atoms with van der Waals surface area (Å²) < 4.78 is 10.5. The molecule has 2 rings (SSSR count). The van der Waals surface area contributed by atoms with Gasteiger partial charge in [0.05, 0.1) is 13.2 Å². The van der Waals surface area contributed by atoms with Gasteiger partial charge in [-0.05, 0) is 26.3 Å². The number of aromatic amines is 1. The van der Waals surface area contributed by atoms with E-state index in [1.165, 1.54) is 0 Å². The maximum absolute atomic E-state index is 5.24. The molecular weight excluding hydrogens is 168 g/mol. The molecule has 0 saturated carbocycles. The standard InChI is InChI=1S/C6H12O2.C3H4N2/c1-6(2)7-4-3-5-8-6;1-2-4-5-3-1/h3-5H2,1-2H3;1-3H,(H,4,5). The first kappa shape index (κ1) is 10.2. The lowest BCUT2D eigenvalue weighted by Crippen LogP contribution is -2.33. The molecular formula is C9H16N2O2. The van der Waals surface area contributed by atoms with Crippen LogP contribution in [0.15, 0.2) is 18.5 Å². The number of hydrogen-bond donors (Lipinski definition) is 1. The first-order chi connectivity index (χ1) is 6.21. The predicted molar refractivity (Wildman–Crippen MR) is 49.2 cm³/mol. The minimum absolute atomic E-state index is 0.321. The molecule has 0 unspecified atom stereocenters. The van der Waals surface area contributed by atoms with Gasteiger partial charge in [-0.25, -0.2) is 0 Å². The first-order valence-corrected chi connectivity index (χ1v) is 4.42. The smallest absolute Gasteiger partial charge is 0.162 e. The van der Waals surface area contributed by atoms with Crippen molar-refractivity contribution in [2.24, 2.45) is 0 Å². The summed E-state index contributed by atoms with van der Waals surface area (Å²) in [4.78, 5) is 0. The van der Waals surface area contributed by atoms with E-state index in [-0.39, 0.29) is 5.79 Å². The minimum atomic E-state index is -0.321. The predicted octanol–water partition coefficient (Wildman–Crippen LogP) is 1.57. The Morgan fingerprint density at radius 3 is 2.23 bits per heavy atom. The second kappa shape index (κ2) is 4.99. The molecule has 1 N–H and O–H groups in total. The van der Waals surface area contributed by atoms with Gasteiger partial charge in [-0.1, -0.05) is 0 Å². The monoisotopic (exact) mass is 184 g/mol. The fourth-order valence-electron chi connectivity index (χ4n) is 0.952. The van der Waals surface area contributed by atoms with Crippen molar-refractivity contribution in [2.45, 2.75) is 26.1 Å². The fourth-order valence-corrected chi connectivity index (χ4v) is 0.952. The molecule has 0 amide bonds. The Morgan fingerprint density at radius 1 is 1.31 bits per heavy atom. The maximum Gasteiger partial charge on any atom is 0.162 e. The van der Waals surface area contributed by atoms with Crippen molar-refractivity contribution in [3.8, 4) is 0 Å². The highest BCUT2D eigenvalue weighted by atomic mass is 16.7. The highest BCUT2D eigenvalue weighted by Crippen LogP contribution is 2.15. The zero-order valence-corrected chi connectivity index (χ0v) is 8.12. The van der Waals surface area contributed by atoms with E-state index >= 15 is 0 Å². The Bertz CT molecular complexity index is 184. The molecule has 0 aliphatic carbocycles. The van der Waals surface area contributed by atoms with Crippen LogP contribution in [0.4, 0.5) is 0 Å². The summed E-state index contributed by atoms with van der Waals surface area (Å²) in [6.45, 7) is 5.55. The van der Waals surface area contributed by atoms with Gasteiger partial charge in [0.1, 0.15) is 0 Å². The van der Waals surface area contributed by atoms with Crippen LogP contribution in [0.3, 0.4) is 0 Å². The van der Waals surface area contributed by atoms with Gasteiger partial charge in [0.2, 0.25) is 0 Å². The summed E-state index contributed by atoms with van der Waals surface area (Å²) in [5, 5.41) is 6.21. The van der Waals surface area contributed by atoms with Crippen LogP contribution in [0, 0.1) is 0 Å². The van der Waals surface area contributed by atoms with Crippen molar-refractivity contribution in [3.63, 3.8) is 0 Å². The van der Waals surface area contributed by atoms with E-state index in [0.29, 0.717) is 0 Å². The fraction of sp³-hybridized carbons (Fsp3) is 0.667. The molecule has 1 aromatic heterocycles. The van der Waals surface area contributed by atoms with Gasteiger partial charge in [-0.3, -0.25) is 5.10 Å². The topological polar surface area (TPSA) is 47.1 Å². The summed E-state index contributed by atoms with van der Waals surface area (Å²) in [6.07, 6.45) is 4.49. The van der Waals surface area contributed by atoms with E-state index in [9.17, 15) is 0 Å². The SMILES string of the molecule is CC1(C)OCCCO1.c1cn[nH]c1. The van der Waals surface area contributed by atoms with E-state index < -0.39 is 0 Å². The molecule has 4 heteroatoms. The van der Waals surface area contributed by atoms with E-state index in [1.54, 1.807) is 12.4 Å². The molecule has 0 bridgehead atoms. The number of nitrogens with one attached hydrogen (secondary N) is 1. The van der Waals surface area contributed by atoms with Gasteiger partial charge in [0, 0.05) is 12.4 Å². The summed E-state index contributed by atoms with van der Waals surface area (Å²) in [5.41, 5.74) is 0. The van der Waals surface area contributed by atoms with Gasteiger partial charge in [0.25, 0.3) is 0 Å². The lowest BCUT2D eigenvalue weighted by Gasteiger charge is -2.29. The Labute approximate surface area is 78.2 Å². The Balaban J connectivity index is 0.000000145.